The maximum Gasteiger partial charge on any atom is 0.311 e. The molecule has 0 aliphatic rings. The molecule has 1 N–H and O–H groups in total. The highest BCUT2D eigenvalue weighted by Crippen LogP contribution is 2.14. The average molecular weight is 308 g/mol. The van der Waals surface area contributed by atoms with Gasteiger partial charge in [-0.3, -0.25) is 4.79 Å². The second-order valence-electron chi connectivity index (χ2n) is 5.15. The summed E-state index contributed by atoms with van der Waals surface area (Å²) in [6.45, 7) is 6.22. The summed E-state index contributed by atoms with van der Waals surface area (Å²) in [4.78, 5) is 11.6. The van der Waals surface area contributed by atoms with Crippen molar-refractivity contribution >= 4 is 5.97 Å². The van der Waals surface area contributed by atoms with Crippen molar-refractivity contribution in [1.29, 1.82) is 0 Å². The molecule has 3 nitrogen and oxygen atoms in total. The maximum atomic E-state index is 11.6. The second kappa shape index (κ2) is 14.6. The molecule has 0 aliphatic carbocycles. The van der Waals surface area contributed by atoms with Crippen LogP contribution in [-0.4, -0.2) is 11.1 Å². The van der Waals surface area contributed by atoms with Crippen LogP contribution >= 0.6 is 0 Å². The van der Waals surface area contributed by atoms with E-state index in [0.717, 1.165) is 18.4 Å². The van der Waals surface area contributed by atoms with Crippen molar-refractivity contribution in [3.8, 4) is 5.75 Å². The number of esters is 1. The van der Waals surface area contributed by atoms with E-state index in [4.69, 9.17) is 9.84 Å². The number of aliphatic hydroxyl groups is 1. The van der Waals surface area contributed by atoms with Gasteiger partial charge in [0.05, 0.1) is 6.61 Å². The Morgan fingerprint density at radius 2 is 1.50 bits per heavy atom. The number of carbonyl (C=O) groups is 1. The molecule has 0 atom stereocenters. The minimum atomic E-state index is -0.171. The smallest absolute Gasteiger partial charge is 0.311 e. The zero-order valence-electron chi connectivity index (χ0n) is 14.4. The van der Waals surface area contributed by atoms with Crippen LogP contribution in [0.25, 0.3) is 0 Å². The van der Waals surface area contributed by atoms with Crippen LogP contribution in [0.15, 0.2) is 24.3 Å². The molecular weight excluding hydrogens is 276 g/mol. The normalized spacial score (nSPS) is 9.82. The van der Waals surface area contributed by atoms with Gasteiger partial charge in [-0.2, -0.15) is 0 Å². The fourth-order valence-electron chi connectivity index (χ4n) is 2.07. The van der Waals surface area contributed by atoms with Crippen LogP contribution in [-0.2, 0) is 11.4 Å². The first kappa shape index (κ1) is 20.6. The van der Waals surface area contributed by atoms with E-state index in [1.807, 2.05) is 13.8 Å². The predicted molar refractivity (Wildman–Crippen MR) is 92.0 cm³/mol. The summed E-state index contributed by atoms with van der Waals surface area (Å²) in [5.41, 5.74) is 0.817. The van der Waals surface area contributed by atoms with Crippen molar-refractivity contribution < 1.29 is 14.6 Å². The van der Waals surface area contributed by atoms with Gasteiger partial charge in [-0.15, -0.1) is 0 Å². The summed E-state index contributed by atoms with van der Waals surface area (Å²) in [7, 11) is 0. The number of carbonyl (C=O) groups excluding carboxylic acids is 1. The molecule has 0 unspecified atom stereocenters. The molecule has 1 aromatic carbocycles. The highest BCUT2D eigenvalue weighted by molar-refractivity contribution is 5.72. The standard InChI is InChI=1S/C17H26O3.C2H6/c1-2-3-4-5-6-7-8-9-17(19)20-16-12-10-15(14-18)11-13-16;1-2/h10-13,18H,2-9,14H2,1H3;1-2H3. The third-order valence-electron chi connectivity index (χ3n) is 3.32. The molecular formula is C19H32O3. The van der Waals surface area contributed by atoms with Gasteiger partial charge >= 0.3 is 5.97 Å². The number of aliphatic hydroxyl groups excluding tert-OH is 1. The monoisotopic (exact) mass is 308 g/mol. The molecule has 0 spiro atoms. The Hall–Kier alpha value is -1.35. The van der Waals surface area contributed by atoms with Crippen LogP contribution in [0.3, 0.4) is 0 Å². The third kappa shape index (κ3) is 10.4. The van der Waals surface area contributed by atoms with Gasteiger partial charge in [-0.05, 0) is 24.1 Å². The Labute approximate surface area is 135 Å². The number of rotatable bonds is 10. The summed E-state index contributed by atoms with van der Waals surface area (Å²) in [6, 6.07) is 6.95. The van der Waals surface area contributed by atoms with Crippen molar-refractivity contribution in [3.05, 3.63) is 29.8 Å². The second-order valence-corrected chi connectivity index (χ2v) is 5.15. The lowest BCUT2D eigenvalue weighted by Gasteiger charge is -2.05. The van der Waals surface area contributed by atoms with Gasteiger partial charge in [0, 0.05) is 6.42 Å². The lowest BCUT2D eigenvalue weighted by molar-refractivity contribution is -0.134. The Morgan fingerprint density at radius 1 is 0.955 bits per heavy atom. The highest BCUT2D eigenvalue weighted by Gasteiger charge is 2.04. The van der Waals surface area contributed by atoms with Crippen LogP contribution in [0.4, 0.5) is 0 Å². The fraction of sp³-hybridized carbons (Fsp3) is 0.632. The first-order chi connectivity index (χ1) is 10.8. The molecule has 126 valence electrons. The van der Waals surface area contributed by atoms with Gasteiger partial charge in [0.15, 0.2) is 0 Å². The lowest BCUT2D eigenvalue weighted by atomic mass is 10.1. The van der Waals surface area contributed by atoms with Gasteiger partial charge in [0.2, 0.25) is 0 Å². The van der Waals surface area contributed by atoms with E-state index in [1.54, 1.807) is 24.3 Å². The van der Waals surface area contributed by atoms with Gasteiger partial charge in [0.25, 0.3) is 0 Å². The summed E-state index contributed by atoms with van der Waals surface area (Å²) >= 11 is 0. The van der Waals surface area contributed by atoms with Crippen LogP contribution in [0, 0.1) is 0 Å². The Balaban J connectivity index is 0.00000211. The maximum absolute atomic E-state index is 11.6. The van der Waals surface area contributed by atoms with Gasteiger partial charge in [-0.1, -0.05) is 71.4 Å². The van der Waals surface area contributed by atoms with Crippen LogP contribution < -0.4 is 4.74 Å². The van der Waals surface area contributed by atoms with E-state index in [9.17, 15) is 4.79 Å². The van der Waals surface area contributed by atoms with E-state index in [-0.39, 0.29) is 12.6 Å². The van der Waals surface area contributed by atoms with Crippen molar-refractivity contribution in [3.63, 3.8) is 0 Å². The van der Waals surface area contributed by atoms with E-state index < -0.39 is 0 Å². The van der Waals surface area contributed by atoms with E-state index in [0.29, 0.717) is 12.2 Å². The molecule has 0 saturated heterocycles. The first-order valence-electron chi connectivity index (χ1n) is 8.66. The fourth-order valence-corrected chi connectivity index (χ4v) is 2.07. The first-order valence-corrected chi connectivity index (χ1v) is 8.66. The molecule has 0 bridgehead atoms. The van der Waals surface area contributed by atoms with Crippen LogP contribution in [0.2, 0.25) is 0 Å². The summed E-state index contributed by atoms with van der Waals surface area (Å²) in [5, 5.41) is 8.92. The molecule has 0 saturated carbocycles. The Bertz CT molecular complexity index is 371. The molecule has 0 amide bonds. The minimum Gasteiger partial charge on any atom is -0.427 e. The predicted octanol–water partition coefficient (Wildman–Crippen LogP) is 5.25. The number of benzene rings is 1. The average Bonchev–Trinajstić information content (AvgIpc) is 2.56. The number of ether oxygens (including phenoxy) is 1. The molecule has 22 heavy (non-hydrogen) atoms. The van der Waals surface area contributed by atoms with E-state index in [1.165, 1.54) is 32.1 Å². The SMILES string of the molecule is CC.CCCCCCCCCC(=O)Oc1ccc(CO)cc1. The van der Waals surface area contributed by atoms with E-state index in [2.05, 4.69) is 6.92 Å². The van der Waals surface area contributed by atoms with Crippen molar-refractivity contribution in [2.75, 3.05) is 0 Å². The molecule has 0 aromatic heterocycles. The van der Waals surface area contributed by atoms with Crippen LogP contribution in [0.5, 0.6) is 5.75 Å². The Morgan fingerprint density at radius 3 is 2.05 bits per heavy atom. The Kier molecular flexibility index (Phi) is 13.7. The number of unbranched alkanes of at least 4 members (excludes halogenated alkanes) is 6. The van der Waals surface area contributed by atoms with Crippen molar-refractivity contribution in [2.24, 2.45) is 0 Å². The van der Waals surface area contributed by atoms with Gasteiger partial charge < -0.3 is 9.84 Å². The molecule has 0 heterocycles. The molecule has 3 heteroatoms. The molecule has 1 rings (SSSR count). The summed E-state index contributed by atoms with van der Waals surface area (Å²) in [6.07, 6.45) is 8.84. The highest BCUT2D eigenvalue weighted by atomic mass is 16.5. The molecule has 1 aromatic rings. The largest absolute Gasteiger partial charge is 0.427 e. The van der Waals surface area contributed by atoms with Gasteiger partial charge in [-0.25, -0.2) is 0 Å². The topological polar surface area (TPSA) is 46.5 Å². The van der Waals surface area contributed by atoms with Crippen molar-refractivity contribution in [1.82, 2.24) is 0 Å². The molecule has 0 aliphatic heterocycles. The van der Waals surface area contributed by atoms with E-state index >= 15 is 0 Å². The molecule has 0 fully saturated rings. The third-order valence-corrected chi connectivity index (χ3v) is 3.32. The summed E-state index contributed by atoms with van der Waals surface area (Å²) < 4.78 is 5.24. The summed E-state index contributed by atoms with van der Waals surface area (Å²) in [5.74, 6) is 0.380. The van der Waals surface area contributed by atoms with Gasteiger partial charge in [0.1, 0.15) is 5.75 Å². The minimum absolute atomic E-state index is 0.00621. The number of hydrogen-bond donors (Lipinski definition) is 1. The zero-order valence-corrected chi connectivity index (χ0v) is 14.4. The molecule has 0 radical (unpaired) electrons. The lowest BCUT2D eigenvalue weighted by Crippen LogP contribution is -2.07. The zero-order chi connectivity index (χ0) is 16.6. The number of hydrogen-bond acceptors (Lipinski definition) is 3. The van der Waals surface area contributed by atoms with Crippen LogP contribution in [0.1, 0.15) is 77.7 Å². The quantitative estimate of drug-likeness (QED) is 0.365. The van der Waals surface area contributed by atoms with Crippen molar-refractivity contribution in [2.45, 2.75) is 78.7 Å².